The highest BCUT2D eigenvalue weighted by Gasteiger charge is 2.20. The Kier molecular flexibility index (Phi) is 7.29. The standard InChI is InChI=1S/C29H34N6O/c1-18(19(2)21-8-7-9-22-23(28(36)30-6)12-13-31-27(21)22)15-33-26-14-24(34-17-35-26)20-10-11-25(32-16-20)29(3,4)5/h7-14,16-19H,15H2,1-6H3,(H,30,36)(H,33,34,35). The van der Waals surface area contributed by atoms with Gasteiger partial charge in [-0.15, -0.1) is 0 Å². The van der Waals surface area contributed by atoms with Crippen molar-refractivity contribution in [2.24, 2.45) is 5.92 Å². The minimum atomic E-state index is -0.107. The molecule has 1 amide bonds. The van der Waals surface area contributed by atoms with Crippen LogP contribution in [0.15, 0.2) is 61.2 Å². The van der Waals surface area contributed by atoms with E-state index in [1.165, 1.54) is 0 Å². The Labute approximate surface area is 212 Å². The van der Waals surface area contributed by atoms with Crippen molar-refractivity contribution < 1.29 is 4.79 Å². The molecule has 3 aromatic heterocycles. The zero-order chi connectivity index (χ0) is 25.9. The average Bonchev–Trinajstić information content (AvgIpc) is 2.90. The van der Waals surface area contributed by atoms with Gasteiger partial charge in [-0.2, -0.15) is 0 Å². The van der Waals surface area contributed by atoms with Crippen molar-refractivity contribution in [1.29, 1.82) is 0 Å². The Balaban J connectivity index is 1.49. The molecule has 0 fully saturated rings. The number of carbonyl (C=O) groups excluding carboxylic acids is 1. The number of hydrogen-bond acceptors (Lipinski definition) is 6. The minimum Gasteiger partial charge on any atom is -0.370 e. The number of nitrogens with one attached hydrogen (secondary N) is 2. The van der Waals surface area contributed by atoms with E-state index < -0.39 is 0 Å². The molecule has 3 heterocycles. The van der Waals surface area contributed by atoms with E-state index in [-0.39, 0.29) is 23.2 Å². The van der Waals surface area contributed by atoms with Gasteiger partial charge in [0.05, 0.1) is 16.8 Å². The number of benzene rings is 1. The van der Waals surface area contributed by atoms with Gasteiger partial charge < -0.3 is 10.6 Å². The van der Waals surface area contributed by atoms with Gasteiger partial charge in [0.1, 0.15) is 12.1 Å². The summed E-state index contributed by atoms with van der Waals surface area (Å²) in [6, 6.07) is 13.9. The fourth-order valence-corrected chi connectivity index (χ4v) is 4.25. The summed E-state index contributed by atoms with van der Waals surface area (Å²) in [4.78, 5) is 30.4. The van der Waals surface area contributed by atoms with Gasteiger partial charge in [-0.25, -0.2) is 9.97 Å². The number of fused-ring (bicyclic) bond motifs is 1. The predicted molar refractivity (Wildman–Crippen MR) is 145 cm³/mol. The second kappa shape index (κ2) is 10.4. The Morgan fingerprint density at radius 3 is 2.50 bits per heavy atom. The van der Waals surface area contributed by atoms with E-state index in [1.54, 1.807) is 25.6 Å². The average molecular weight is 483 g/mol. The Bertz CT molecular complexity index is 1360. The number of rotatable bonds is 7. The van der Waals surface area contributed by atoms with Gasteiger partial charge in [0, 0.05) is 54.1 Å². The second-order valence-corrected chi connectivity index (χ2v) is 10.3. The molecule has 0 aliphatic rings. The maximum Gasteiger partial charge on any atom is 0.251 e. The lowest BCUT2D eigenvalue weighted by Crippen LogP contribution is -2.19. The van der Waals surface area contributed by atoms with E-state index in [1.807, 2.05) is 24.4 Å². The van der Waals surface area contributed by atoms with Crippen LogP contribution < -0.4 is 10.6 Å². The van der Waals surface area contributed by atoms with Crippen LogP contribution in [-0.4, -0.2) is 39.4 Å². The van der Waals surface area contributed by atoms with Gasteiger partial charge in [-0.1, -0.05) is 52.8 Å². The van der Waals surface area contributed by atoms with Crippen LogP contribution in [-0.2, 0) is 5.41 Å². The van der Waals surface area contributed by atoms with E-state index >= 15 is 0 Å². The first-order chi connectivity index (χ1) is 17.2. The Morgan fingerprint density at radius 2 is 1.81 bits per heavy atom. The molecule has 36 heavy (non-hydrogen) atoms. The van der Waals surface area contributed by atoms with Crippen molar-refractivity contribution in [3.05, 3.63) is 78.0 Å². The van der Waals surface area contributed by atoms with Crippen LogP contribution in [0, 0.1) is 5.92 Å². The molecule has 0 saturated carbocycles. The Morgan fingerprint density at radius 1 is 1.00 bits per heavy atom. The van der Waals surface area contributed by atoms with E-state index in [0.717, 1.165) is 45.8 Å². The number of para-hydroxylation sites is 1. The molecule has 2 atom stereocenters. The van der Waals surface area contributed by atoms with Crippen molar-refractivity contribution in [2.75, 3.05) is 18.9 Å². The van der Waals surface area contributed by atoms with Gasteiger partial charge >= 0.3 is 0 Å². The van der Waals surface area contributed by atoms with Crippen LogP contribution >= 0.6 is 0 Å². The van der Waals surface area contributed by atoms with Crippen molar-refractivity contribution in [2.45, 2.75) is 46.0 Å². The molecule has 186 valence electrons. The smallest absolute Gasteiger partial charge is 0.251 e. The second-order valence-electron chi connectivity index (χ2n) is 10.3. The molecule has 7 nitrogen and oxygen atoms in total. The molecule has 0 saturated heterocycles. The fraction of sp³-hybridized carbons (Fsp3) is 0.345. The molecule has 4 aromatic rings. The summed E-state index contributed by atoms with van der Waals surface area (Å²) in [5, 5.41) is 7.06. The van der Waals surface area contributed by atoms with Crippen molar-refractivity contribution in [3.63, 3.8) is 0 Å². The lowest BCUT2D eigenvalue weighted by atomic mass is 9.87. The molecule has 0 spiro atoms. The molecule has 0 aliphatic heterocycles. The first kappa shape index (κ1) is 25.2. The van der Waals surface area contributed by atoms with Crippen LogP contribution in [0.2, 0.25) is 0 Å². The van der Waals surface area contributed by atoms with E-state index in [4.69, 9.17) is 0 Å². The quantitative estimate of drug-likeness (QED) is 0.356. The molecular formula is C29H34N6O. The summed E-state index contributed by atoms with van der Waals surface area (Å²) in [5.74, 6) is 1.16. The number of pyridine rings is 2. The lowest BCUT2D eigenvalue weighted by Gasteiger charge is -2.22. The highest BCUT2D eigenvalue weighted by Crippen LogP contribution is 2.31. The molecule has 1 aromatic carbocycles. The molecule has 7 heteroatoms. The van der Waals surface area contributed by atoms with E-state index in [2.05, 4.69) is 83.4 Å². The summed E-state index contributed by atoms with van der Waals surface area (Å²) in [6.07, 6.45) is 5.16. The SMILES string of the molecule is CNC(=O)c1ccnc2c(C(C)C(C)CNc3cc(-c4ccc(C(C)(C)C)nc4)ncn3)cccc12. The molecule has 4 rings (SSSR count). The van der Waals surface area contributed by atoms with Crippen LogP contribution in [0.25, 0.3) is 22.2 Å². The first-order valence-corrected chi connectivity index (χ1v) is 12.3. The Hall–Kier alpha value is -3.87. The molecule has 0 radical (unpaired) electrons. The normalized spacial score (nSPS) is 13.3. The molecule has 0 bridgehead atoms. The number of nitrogens with zero attached hydrogens (tertiary/aromatic N) is 4. The third-order valence-electron chi connectivity index (χ3n) is 6.72. The number of aromatic nitrogens is 4. The molecule has 2 unspecified atom stereocenters. The van der Waals surface area contributed by atoms with Crippen LogP contribution in [0.4, 0.5) is 5.82 Å². The zero-order valence-electron chi connectivity index (χ0n) is 21.8. The van der Waals surface area contributed by atoms with Crippen molar-refractivity contribution in [3.8, 4) is 11.3 Å². The summed E-state index contributed by atoms with van der Waals surface area (Å²) >= 11 is 0. The van der Waals surface area contributed by atoms with Crippen LogP contribution in [0.1, 0.15) is 62.2 Å². The monoisotopic (exact) mass is 482 g/mol. The number of amides is 1. The van der Waals surface area contributed by atoms with Crippen molar-refractivity contribution in [1.82, 2.24) is 25.3 Å². The number of hydrogen-bond donors (Lipinski definition) is 2. The highest BCUT2D eigenvalue weighted by molar-refractivity contribution is 6.06. The predicted octanol–water partition coefficient (Wildman–Crippen LogP) is 5.60. The largest absolute Gasteiger partial charge is 0.370 e. The van der Waals surface area contributed by atoms with Gasteiger partial charge in [0.15, 0.2) is 0 Å². The maximum absolute atomic E-state index is 12.3. The summed E-state index contributed by atoms with van der Waals surface area (Å²) in [6.45, 7) is 11.6. The van der Waals surface area contributed by atoms with Crippen LogP contribution in [0.3, 0.4) is 0 Å². The van der Waals surface area contributed by atoms with Gasteiger partial charge in [0.2, 0.25) is 0 Å². The number of carbonyl (C=O) groups is 1. The van der Waals surface area contributed by atoms with E-state index in [0.29, 0.717) is 5.56 Å². The van der Waals surface area contributed by atoms with E-state index in [9.17, 15) is 4.79 Å². The molecule has 0 aliphatic carbocycles. The third kappa shape index (κ3) is 5.35. The summed E-state index contributed by atoms with van der Waals surface area (Å²) in [5.41, 5.74) is 5.49. The summed E-state index contributed by atoms with van der Waals surface area (Å²) < 4.78 is 0. The minimum absolute atomic E-state index is 0.00728. The maximum atomic E-state index is 12.3. The highest BCUT2D eigenvalue weighted by atomic mass is 16.1. The van der Waals surface area contributed by atoms with Gasteiger partial charge in [0.25, 0.3) is 5.91 Å². The third-order valence-corrected chi connectivity index (χ3v) is 6.72. The molecule has 2 N–H and O–H groups in total. The van der Waals surface area contributed by atoms with Crippen molar-refractivity contribution >= 4 is 22.6 Å². The number of anilines is 1. The summed E-state index contributed by atoms with van der Waals surface area (Å²) in [7, 11) is 1.64. The topological polar surface area (TPSA) is 92.7 Å². The molecular weight excluding hydrogens is 448 g/mol. The lowest BCUT2D eigenvalue weighted by molar-refractivity contribution is 0.0964. The first-order valence-electron chi connectivity index (χ1n) is 12.3. The fourth-order valence-electron chi connectivity index (χ4n) is 4.25. The van der Waals surface area contributed by atoms with Crippen LogP contribution in [0.5, 0.6) is 0 Å². The zero-order valence-corrected chi connectivity index (χ0v) is 21.8. The van der Waals surface area contributed by atoms with Gasteiger partial charge in [-0.3, -0.25) is 14.8 Å². The van der Waals surface area contributed by atoms with Gasteiger partial charge in [-0.05, 0) is 35.6 Å².